The highest BCUT2D eigenvalue weighted by Crippen LogP contribution is 2.26. The number of hydrogen-bond acceptors (Lipinski definition) is 4. The van der Waals surface area contributed by atoms with Crippen LogP contribution in [0.3, 0.4) is 0 Å². The van der Waals surface area contributed by atoms with E-state index in [0.29, 0.717) is 6.61 Å². The van der Waals surface area contributed by atoms with Crippen LogP contribution in [-0.2, 0) is 9.47 Å². The van der Waals surface area contributed by atoms with Gasteiger partial charge >= 0.3 is 11.9 Å². The number of epoxide rings is 1. The van der Waals surface area contributed by atoms with Crippen molar-refractivity contribution in [1.82, 2.24) is 0 Å². The van der Waals surface area contributed by atoms with Gasteiger partial charge in [0.15, 0.2) is 0 Å². The first-order chi connectivity index (χ1) is 8.02. The van der Waals surface area contributed by atoms with Gasteiger partial charge < -0.3 is 14.6 Å². The summed E-state index contributed by atoms with van der Waals surface area (Å²) < 4.78 is 10.1. The van der Waals surface area contributed by atoms with E-state index in [4.69, 9.17) is 14.6 Å². The summed E-state index contributed by atoms with van der Waals surface area (Å²) in [6.45, 7) is 2.52. The largest absolute Gasteiger partial charge is 0.478 e. The van der Waals surface area contributed by atoms with Crippen molar-refractivity contribution in [3.8, 4) is 0 Å². The van der Waals surface area contributed by atoms with E-state index in [9.17, 15) is 9.59 Å². The molecule has 5 nitrogen and oxygen atoms in total. The second kappa shape index (κ2) is 4.18. The Morgan fingerprint density at radius 1 is 1.41 bits per heavy atom. The van der Waals surface area contributed by atoms with E-state index in [2.05, 4.69) is 0 Å². The second-order valence-corrected chi connectivity index (χ2v) is 4.17. The van der Waals surface area contributed by atoms with Crippen LogP contribution in [-0.4, -0.2) is 35.9 Å². The summed E-state index contributed by atoms with van der Waals surface area (Å²) in [5, 5.41) is 8.92. The number of aromatic carboxylic acids is 1. The van der Waals surface area contributed by atoms with Gasteiger partial charge in [0.05, 0.1) is 17.7 Å². The molecule has 1 aromatic carbocycles. The molecule has 1 fully saturated rings. The summed E-state index contributed by atoms with van der Waals surface area (Å²) in [6, 6.07) is 5.96. The molecule has 1 N–H and O–H groups in total. The molecule has 0 aromatic heterocycles. The SMILES string of the molecule is CC1(COC(=O)c2ccccc2C(=O)O)CO1. The van der Waals surface area contributed by atoms with Crippen molar-refractivity contribution >= 4 is 11.9 Å². The van der Waals surface area contributed by atoms with Gasteiger partial charge in [0.2, 0.25) is 0 Å². The van der Waals surface area contributed by atoms with Crippen molar-refractivity contribution in [2.75, 3.05) is 13.2 Å². The normalized spacial score (nSPS) is 21.9. The average molecular weight is 236 g/mol. The zero-order valence-electron chi connectivity index (χ0n) is 9.30. The quantitative estimate of drug-likeness (QED) is 0.630. The summed E-state index contributed by atoms with van der Waals surface area (Å²) in [5.41, 5.74) is -0.392. The molecule has 1 unspecified atom stereocenters. The third-order valence-corrected chi connectivity index (χ3v) is 2.52. The van der Waals surface area contributed by atoms with Crippen LogP contribution in [0.4, 0.5) is 0 Å². The predicted molar refractivity (Wildman–Crippen MR) is 58.0 cm³/mol. The van der Waals surface area contributed by atoms with E-state index < -0.39 is 17.5 Å². The van der Waals surface area contributed by atoms with Gasteiger partial charge in [-0.1, -0.05) is 12.1 Å². The lowest BCUT2D eigenvalue weighted by molar-refractivity contribution is 0.0404. The van der Waals surface area contributed by atoms with Crippen LogP contribution in [0.1, 0.15) is 27.6 Å². The number of hydrogen-bond donors (Lipinski definition) is 1. The zero-order chi connectivity index (χ0) is 12.5. The van der Waals surface area contributed by atoms with Gasteiger partial charge in [0.25, 0.3) is 0 Å². The van der Waals surface area contributed by atoms with Crippen LogP contribution < -0.4 is 0 Å². The molecule has 1 saturated heterocycles. The Balaban J connectivity index is 2.10. The summed E-state index contributed by atoms with van der Waals surface area (Å²) in [6.07, 6.45) is 0. The molecular formula is C12H12O5. The number of ether oxygens (including phenoxy) is 2. The predicted octanol–water partition coefficient (Wildman–Crippen LogP) is 1.33. The van der Waals surface area contributed by atoms with Crippen LogP contribution in [0.5, 0.6) is 0 Å². The van der Waals surface area contributed by atoms with Crippen LogP contribution in [0.2, 0.25) is 0 Å². The lowest BCUT2D eigenvalue weighted by Crippen LogP contribution is -2.20. The summed E-state index contributed by atoms with van der Waals surface area (Å²) in [4.78, 5) is 22.6. The average Bonchev–Trinajstić information content (AvgIpc) is 3.05. The van der Waals surface area contributed by atoms with E-state index in [1.54, 1.807) is 12.1 Å². The topological polar surface area (TPSA) is 76.1 Å². The van der Waals surface area contributed by atoms with Gasteiger partial charge in [0.1, 0.15) is 12.2 Å². The fourth-order valence-electron chi connectivity index (χ4n) is 1.35. The molecule has 1 heterocycles. The minimum Gasteiger partial charge on any atom is -0.478 e. The Hall–Kier alpha value is -1.88. The van der Waals surface area contributed by atoms with E-state index in [-0.39, 0.29) is 17.7 Å². The number of carbonyl (C=O) groups excluding carboxylic acids is 1. The number of carbonyl (C=O) groups is 2. The highest BCUT2D eigenvalue weighted by molar-refractivity contribution is 6.02. The molecule has 0 spiro atoms. The van der Waals surface area contributed by atoms with Crippen molar-refractivity contribution in [3.05, 3.63) is 35.4 Å². The monoisotopic (exact) mass is 236 g/mol. The van der Waals surface area contributed by atoms with E-state index in [1.807, 2.05) is 6.92 Å². The number of rotatable bonds is 4. The molecule has 17 heavy (non-hydrogen) atoms. The van der Waals surface area contributed by atoms with Crippen molar-refractivity contribution in [1.29, 1.82) is 0 Å². The molecule has 1 atom stereocenters. The molecule has 0 aliphatic carbocycles. The third-order valence-electron chi connectivity index (χ3n) is 2.52. The van der Waals surface area contributed by atoms with Gasteiger partial charge in [-0.3, -0.25) is 0 Å². The zero-order valence-corrected chi connectivity index (χ0v) is 9.30. The first-order valence-electron chi connectivity index (χ1n) is 5.15. The number of esters is 1. The minimum absolute atomic E-state index is 0.0561. The molecule has 0 bridgehead atoms. The smallest absolute Gasteiger partial charge is 0.339 e. The maximum Gasteiger partial charge on any atom is 0.339 e. The number of carboxylic acid groups (broad SMARTS) is 1. The molecule has 1 aliphatic heterocycles. The highest BCUT2D eigenvalue weighted by atomic mass is 16.6. The lowest BCUT2D eigenvalue weighted by Gasteiger charge is -2.08. The van der Waals surface area contributed by atoms with Gasteiger partial charge in [0, 0.05) is 0 Å². The fraction of sp³-hybridized carbons (Fsp3) is 0.333. The van der Waals surface area contributed by atoms with Gasteiger partial charge in [-0.05, 0) is 19.1 Å². The molecule has 1 aliphatic rings. The summed E-state index contributed by atoms with van der Waals surface area (Å²) in [7, 11) is 0. The molecule has 0 radical (unpaired) electrons. The van der Waals surface area contributed by atoms with Gasteiger partial charge in [-0.2, -0.15) is 0 Å². The Bertz CT molecular complexity index is 462. The first kappa shape index (κ1) is 11.6. The Morgan fingerprint density at radius 3 is 2.53 bits per heavy atom. The van der Waals surface area contributed by atoms with Crippen molar-refractivity contribution in [3.63, 3.8) is 0 Å². The van der Waals surface area contributed by atoms with Crippen LogP contribution in [0.15, 0.2) is 24.3 Å². The van der Waals surface area contributed by atoms with Crippen LogP contribution >= 0.6 is 0 Å². The Morgan fingerprint density at radius 2 is 2.00 bits per heavy atom. The van der Waals surface area contributed by atoms with Gasteiger partial charge in [-0.25, -0.2) is 9.59 Å². The van der Waals surface area contributed by atoms with Crippen molar-refractivity contribution in [2.24, 2.45) is 0 Å². The third kappa shape index (κ3) is 2.62. The first-order valence-corrected chi connectivity index (χ1v) is 5.15. The molecular weight excluding hydrogens is 224 g/mol. The molecule has 0 amide bonds. The molecule has 5 heteroatoms. The van der Waals surface area contributed by atoms with Crippen molar-refractivity contribution in [2.45, 2.75) is 12.5 Å². The maximum atomic E-state index is 11.7. The molecule has 1 aromatic rings. The summed E-state index contributed by atoms with van der Waals surface area (Å²) >= 11 is 0. The maximum absolute atomic E-state index is 11.7. The summed E-state index contributed by atoms with van der Waals surface area (Å²) in [5.74, 6) is -1.79. The Labute approximate surface area is 98.0 Å². The highest BCUT2D eigenvalue weighted by Gasteiger charge is 2.41. The number of benzene rings is 1. The molecule has 2 rings (SSSR count). The van der Waals surface area contributed by atoms with E-state index in [1.165, 1.54) is 12.1 Å². The van der Waals surface area contributed by atoms with Crippen LogP contribution in [0, 0.1) is 0 Å². The van der Waals surface area contributed by atoms with Crippen molar-refractivity contribution < 1.29 is 24.2 Å². The standard InChI is InChI=1S/C12H12O5/c1-12(7-17-12)6-16-11(15)9-5-3-2-4-8(9)10(13)14/h2-5H,6-7H2,1H3,(H,13,14). The molecule has 0 saturated carbocycles. The lowest BCUT2D eigenvalue weighted by atomic mass is 10.1. The molecule has 90 valence electrons. The van der Waals surface area contributed by atoms with Gasteiger partial charge in [-0.15, -0.1) is 0 Å². The fourth-order valence-corrected chi connectivity index (χ4v) is 1.35. The van der Waals surface area contributed by atoms with Crippen LogP contribution in [0.25, 0.3) is 0 Å². The van der Waals surface area contributed by atoms with E-state index in [0.717, 1.165) is 0 Å². The Kier molecular flexibility index (Phi) is 2.85. The number of carboxylic acids is 1. The second-order valence-electron chi connectivity index (χ2n) is 4.17. The van der Waals surface area contributed by atoms with E-state index >= 15 is 0 Å². The minimum atomic E-state index is -1.15.